The summed E-state index contributed by atoms with van der Waals surface area (Å²) in [6.45, 7) is 5.86. The van der Waals surface area contributed by atoms with Gasteiger partial charge in [0.2, 0.25) is 0 Å². The molecule has 0 aliphatic heterocycles. The van der Waals surface area contributed by atoms with Gasteiger partial charge in [-0.25, -0.2) is 4.39 Å². The Morgan fingerprint density at radius 1 is 1.43 bits per heavy atom. The van der Waals surface area contributed by atoms with Gasteiger partial charge in [0.25, 0.3) is 0 Å². The first-order chi connectivity index (χ1) is 10.2. The van der Waals surface area contributed by atoms with E-state index in [0.29, 0.717) is 12.6 Å². The molecule has 1 fully saturated rings. The van der Waals surface area contributed by atoms with E-state index in [4.69, 9.17) is 0 Å². The molecular weight excluding hydrogens is 267 g/mol. The first kappa shape index (κ1) is 16.2. The summed E-state index contributed by atoms with van der Waals surface area (Å²) in [5.41, 5.74) is 2.05. The van der Waals surface area contributed by atoms with E-state index in [9.17, 15) is 9.50 Å². The molecule has 0 spiro atoms. The molecule has 0 heterocycles. The summed E-state index contributed by atoms with van der Waals surface area (Å²) in [6, 6.07) is 5.61. The van der Waals surface area contributed by atoms with Crippen molar-refractivity contribution in [2.75, 3.05) is 24.6 Å². The fourth-order valence-electron chi connectivity index (χ4n) is 2.91. The number of nitrogens with one attached hydrogen (secondary N) is 1. The third-order valence-electron chi connectivity index (χ3n) is 4.32. The number of anilines is 1. The molecule has 1 aromatic rings. The van der Waals surface area contributed by atoms with E-state index in [0.717, 1.165) is 37.1 Å². The fourth-order valence-corrected chi connectivity index (χ4v) is 2.91. The monoisotopic (exact) mass is 294 g/mol. The third-order valence-corrected chi connectivity index (χ3v) is 4.32. The molecule has 1 saturated carbocycles. The van der Waals surface area contributed by atoms with Gasteiger partial charge < -0.3 is 15.3 Å². The summed E-state index contributed by atoms with van der Waals surface area (Å²) >= 11 is 0. The number of halogens is 1. The lowest BCUT2D eigenvalue weighted by atomic mass is 9.90. The van der Waals surface area contributed by atoms with Crippen LogP contribution in [-0.4, -0.2) is 30.8 Å². The van der Waals surface area contributed by atoms with Crippen molar-refractivity contribution in [1.29, 1.82) is 0 Å². The highest BCUT2D eigenvalue weighted by molar-refractivity contribution is 5.56. The Morgan fingerprint density at radius 2 is 2.19 bits per heavy atom. The Hall–Kier alpha value is -1.13. The van der Waals surface area contributed by atoms with Gasteiger partial charge in [-0.15, -0.1) is 0 Å². The van der Waals surface area contributed by atoms with Crippen LogP contribution in [0.2, 0.25) is 0 Å². The summed E-state index contributed by atoms with van der Waals surface area (Å²) in [6.07, 6.45) is 4.62. The average Bonchev–Trinajstić information content (AvgIpc) is 2.42. The maximum Gasteiger partial charge on any atom is 0.123 e. The number of benzene rings is 1. The molecule has 0 radical (unpaired) electrons. The van der Waals surface area contributed by atoms with Crippen LogP contribution in [0.25, 0.3) is 0 Å². The molecule has 0 bridgehead atoms. The quantitative estimate of drug-likeness (QED) is 0.772. The van der Waals surface area contributed by atoms with E-state index in [1.54, 1.807) is 6.07 Å². The predicted molar refractivity (Wildman–Crippen MR) is 85.2 cm³/mol. The molecule has 0 amide bonds. The smallest absolute Gasteiger partial charge is 0.123 e. The summed E-state index contributed by atoms with van der Waals surface area (Å²) in [4.78, 5) is 2.25. The minimum Gasteiger partial charge on any atom is -0.395 e. The van der Waals surface area contributed by atoms with Gasteiger partial charge in [-0.05, 0) is 62.9 Å². The van der Waals surface area contributed by atoms with Gasteiger partial charge in [-0.1, -0.05) is 6.92 Å². The van der Waals surface area contributed by atoms with Crippen molar-refractivity contribution in [1.82, 2.24) is 5.32 Å². The highest BCUT2D eigenvalue weighted by Crippen LogP contribution is 2.34. The van der Waals surface area contributed by atoms with Gasteiger partial charge in [0.05, 0.1) is 6.61 Å². The molecule has 1 atom stereocenters. The van der Waals surface area contributed by atoms with Crippen LogP contribution in [0.15, 0.2) is 18.2 Å². The van der Waals surface area contributed by atoms with Crippen LogP contribution in [0.3, 0.4) is 0 Å². The molecule has 0 aromatic heterocycles. The minimum atomic E-state index is -0.198. The second-order valence-electron chi connectivity index (χ2n) is 5.88. The highest BCUT2D eigenvalue weighted by atomic mass is 19.1. The zero-order valence-electron chi connectivity index (χ0n) is 13.1. The van der Waals surface area contributed by atoms with Crippen molar-refractivity contribution >= 4 is 5.69 Å². The van der Waals surface area contributed by atoms with Crippen molar-refractivity contribution < 1.29 is 9.50 Å². The van der Waals surface area contributed by atoms with Gasteiger partial charge in [-0.3, -0.25) is 0 Å². The molecule has 4 heteroatoms. The number of aliphatic hydroxyl groups excluding tert-OH is 1. The van der Waals surface area contributed by atoms with E-state index >= 15 is 0 Å². The molecule has 1 aliphatic rings. The second-order valence-corrected chi connectivity index (χ2v) is 5.88. The summed E-state index contributed by atoms with van der Waals surface area (Å²) in [7, 11) is 0. The number of nitrogens with zero attached hydrogens (tertiary/aromatic N) is 1. The average molecular weight is 294 g/mol. The SMILES string of the molecule is CCCNC(C)c1cc(F)ccc1N(CCO)C1CCC1. The van der Waals surface area contributed by atoms with Crippen LogP contribution >= 0.6 is 0 Å². The summed E-state index contributed by atoms with van der Waals surface area (Å²) in [5.74, 6) is -0.198. The van der Waals surface area contributed by atoms with Crippen molar-refractivity contribution in [3.8, 4) is 0 Å². The Morgan fingerprint density at radius 3 is 2.76 bits per heavy atom. The number of aliphatic hydroxyl groups is 1. The summed E-state index contributed by atoms with van der Waals surface area (Å²) in [5, 5.41) is 12.8. The van der Waals surface area contributed by atoms with Crippen LogP contribution in [0, 0.1) is 5.82 Å². The number of hydrogen-bond acceptors (Lipinski definition) is 3. The van der Waals surface area contributed by atoms with Crippen LogP contribution in [0.1, 0.15) is 51.1 Å². The molecule has 118 valence electrons. The molecule has 1 aliphatic carbocycles. The van der Waals surface area contributed by atoms with Crippen molar-refractivity contribution in [3.05, 3.63) is 29.6 Å². The van der Waals surface area contributed by atoms with Crippen molar-refractivity contribution in [3.63, 3.8) is 0 Å². The molecule has 1 unspecified atom stereocenters. The van der Waals surface area contributed by atoms with E-state index < -0.39 is 0 Å². The predicted octanol–water partition coefficient (Wildman–Crippen LogP) is 3.24. The van der Waals surface area contributed by atoms with Crippen LogP contribution in [-0.2, 0) is 0 Å². The Balaban J connectivity index is 2.27. The van der Waals surface area contributed by atoms with Gasteiger partial charge >= 0.3 is 0 Å². The fraction of sp³-hybridized carbons (Fsp3) is 0.647. The standard InChI is InChI=1S/C17H27FN2O/c1-3-9-19-13(2)16-12-14(18)7-8-17(16)20(10-11-21)15-5-4-6-15/h7-8,12-13,15,19,21H,3-6,9-11H2,1-2H3. The van der Waals surface area contributed by atoms with Gasteiger partial charge in [0.15, 0.2) is 0 Å². The van der Waals surface area contributed by atoms with Crippen LogP contribution in [0.5, 0.6) is 0 Å². The zero-order chi connectivity index (χ0) is 15.2. The van der Waals surface area contributed by atoms with Gasteiger partial charge in [0, 0.05) is 24.3 Å². The van der Waals surface area contributed by atoms with E-state index in [1.807, 2.05) is 6.07 Å². The molecular formula is C17H27FN2O. The summed E-state index contributed by atoms with van der Waals surface area (Å²) < 4.78 is 13.7. The maximum absolute atomic E-state index is 13.7. The zero-order valence-corrected chi connectivity index (χ0v) is 13.1. The lowest BCUT2D eigenvalue weighted by Gasteiger charge is -2.40. The molecule has 1 aromatic carbocycles. The Bertz CT molecular complexity index is 448. The third kappa shape index (κ3) is 3.95. The Kier molecular flexibility index (Phi) is 6.00. The first-order valence-electron chi connectivity index (χ1n) is 8.07. The normalized spacial score (nSPS) is 16.6. The lowest BCUT2D eigenvalue weighted by Crippen LogP contribution is -2.42. The van der Waals surface area contributed by atoms with Crippen LogP contribution in [0.4, 0.5) is 10.1 Å². The second kappa shape index (κ2) is 7.76. The molecule has 0 saturated heterocycles. The van der Waals surface area contributed by atoms with E-state index in [2.05, 4.69) is 24.1 Å². The number of hydrogen-bond donors (Lipinski definition) is 2. The van der Waals surface area contributed by atoms with E-state index in [1.165, 1.54) is 12.5 Å². The maximum atomic E-state index is 13.7. The Labute approximate surface area is 127 Å². The van der Waals surface area contributed by atoms with Gasteiger partial charge in [0.1, 0.15) is 5.82 Å². The molecule has 2 N–H and O–H groups in total. The van der Waals surface area contributed by atoms with Crippen LogP contribution < -0.4 is 10.2 Å². The molecule has 3 nitrogen and oxygen atoms in total. The van der Waals surface area contributed by atoms with E-state index in [-0.39, 0.29) is 18.5 Å². The van der Waals surface area contributed by atoms with Gasteiger partial charge in [-0.2, -0.15) is 0 Å². The first-order valence-corrected chi connectivity index (χ1v) is 8.07. The highest BCUT2D eigenvalue weighted by Gasteiger charge is 2.27. The van der Waals surface area contributed by atoms with Crippen molar-refractivity contribution in [2.24, 2.45) is 0 Å². The number of rotatable bonds is 8. The van der Waals surface area contributed by atoms with Crippen molar-refractivity contribution in [2.45, 2.75) is 51.6 Å². The molecule has 21 heavy (non-hydrogen) atoms. The topological polar surface area (TPSA) is 35.5 Å². The lowest BCUT2D eigenvalue weighted by molar-refractivity contribution is 0.283. The largest absolute Gasteiger partial charge is 0.395 e. The minimum absolute atomic E-state index is 0.108. The molecule has 2 rings (SSSR count).